The first-order valence-electron chi connectivity index (χ1n) is 6.90. The van der Waals surface area contributed by atoms with Gasteiger partial charge in [-0.15, -0.1) is 0 Å². The first kappa shape index (κ1) is 14.0. The molecular formula is C15H22N2O2. The zero-order valence-corrected chi connectivity index (χ0v) is 11.6. The molecule has 1 aliphatic heterocycles. The van der Waals surface area contributed by atoms with Crippen molar-refractivity contribution in [1.82, 2.24) is 5.32 Å². The second kappa shape index (κ2) is 6.17. The van der Waals surface area contributed by atoms with E-state index >= 15 is 0 Å². The Morgan fingerprint density at radius 2 is 2.05 bits per heavy atom. The molecule has 2 atom stereocenters. The Labute approximate surface area is 114 Å². The minimum absolute atomic E-state index is 0.0453. The molecule has 0 bridgehead atoms. The molecule has 1 amide bonds. The minimum atomic E-state index is -0.490. The number of nitrogens with zero attached hydrogens (tertiary/aromatic N) is 1. The molecule has 1 aromatic carbocycles. The fourth-order valence-corrected chi connectivity index (χ4v) is 2.37. The first-order valence-corrected chi connectivity index (χ1v) is 6.90. The van der Waals surface area contributed by atoms with Gasteiger partial charge in [-0.05, 0) is 30.0 Å². The number of benzene rings is 1. The molecule has 2 N–H and O–H groups in total. The lowest BCUT2D eigenvalue weighted by atomic mass is 10.1. The zero-order chi connectivity index (χ0) is 13.8. The number of aryl methyl sites for hydroxylation is 1. The summed E-state index contributed by atoms with van der Waals surface area (Å²) in [6.45, 7) is 5.50. The number of aliphatic hydroxyl groups is 1. The van der Waals surface area contributed by atoms with Gasteiger partial charge >= 0.3 is 0 Å². The number of carbonyl (C=O) groups is 1. The number of anilines is 1. The Hall–Kier alpha value is -1.39. The van der Waals surface area contributed by atoms with Crippen LogP contribution in [0.25, 0.3) is 0 Å². The Kier molecular flexibility index (Phi) is 4.56. The standard InChI is InChI=1S/C15H22N2O2/c1-3-12-4-6-13(7-5-12)17-9-11(2)8-16-14(10-18)15(17)19/h4-7,11,14,16,18H,3,8-10H2,1-2H3. The lowest BCUT2D eigenvalue weighted by Gasteiger charge is -2.24. The van der Waals surface area contributed by atoms with Crippen LogP contribution in [0.15, 0.2) is 24.3 Å². The number of rotatable bonds is 3. The van der Waals surface area contributed by atoms with Gasteiger partial charge in [0.1, 0.15) is 6.04 Å². The summed E-state index contributed by atoms with van der Waals surface area (Å²) in [5.74, 6) is 0.322. The summed E-state index contributed by atoms with van der Waals surface area (Å²) in [5, 5.41) is 12.4. The van der Waals surface area contributed by atoms with E-state index in [1.807, 2.05) is 12.1 Å². The lowest BCUT2D eigenvalue weighted by molar-refractivity contribution is -0.121. The van der Waals surface area contributed by atoms with E-state index < -0.39 is 6.04 Å². The third-order valence-corrected chi connectivity index (χ3v) is 3.61. The third kappa shape index (κ3) is 3.14. The normalized spacial score (nSPS) is 24.4. The highest BCUT2D eigenvalue weighted by molar-refractivity contribution is 5.97. The van der Waals surface area contributed by atoms with Gasteiger partial charge in [0.05, 0.1) is 6.61 Å². The maximum absolute atomic E-state index is 12.4. The van der Waals surface area contributed by atoms with Gasteiger partial charge in [-0.2, -0.15) is 0 Å². The van der Waals surface area contributed by atoms with E-state index in [4.69, 9.17) is 0 Å². The molecule has 0 saturated carbocycles. The minimum Gasteiger partial charge on any atom is -0.394 e. The van der Waals surface area contributed by atoms with Crippen LogP contribution < -0.4 is 10.2 Å². The Balaban J connectivity index is 2.25. The highest BCUT2D eigenvalue weighted by Crippen LogP contribution is 2.20. The van der Waals surface area contributed by atoms with Crippen molar-refractivity contribution in [2.24, 2.45) is 5.92 Å². The average Bonchev–Trinajstić information content (AvgIpc) is 2.58. The summed E-state index contributed by atoms with van der Waals surface area (Å²) in [5.41, 5.74) is 2.17. The topological polar surface area (TPSA) is 52.6 Å². The van der Waals surface area contributed by atoms with Crippen LogP contribution in [0, 0.1) is 5.92 Å². The maximum atomic E-state index is 12.4. The number of aliphatic hydroxyl groups excluding tert-OH is 1. The highest BCUT2D eigenvalue weighted by atomic mass is 16.3. The van der Waals surface area contributed by atoms with E-state index in [-0.39, 0.29) is 12.5 Å². The fraction of sp³-hybridized carbons (Fsp3) is 0.533. The van der Waals surface area contributed by atoms with Gasteiger partial charge in [0.2, 0.25) is 5.91 Å². The zero-order valence-electron chi connectivity index (χ0n) is 11.6. The van der Waals surface area contributed by atoms with Gasteiger partial charge in [0.25, 0.3) is 0 Å². The van der Waals surface area contributed by atoms with Crippen LogP contribution in [-0.2, 0) is 11.2 Å². The number of nitrogens with one attached hydrogen (secondary N) is 1. The summed E-state index contributed by atoms with van der Waals surface area (Å²) >= 11 is 0. The molecule has 0 radical (unpaired) electrons. The number of amides is 1. The monoisotopic (exact) mass is 262 g/mol. The summed E-state index contributed by atoms with van der Waals surface area (Å²) < 4.78 is 0. The quantitative estimate of drug-likeness (QED) is 0.860. The smallest absolute Gasteiger partial charge is 0.246 e. The predicted octanol–water partition coefficient (Wildman–Crippen LogP) is 1.18. The molecule has 4 nitrogen and oxygen atoms in total. The predicted molar refractivity (Wildman–Crippen MR) is 76.2 cm³/mol. The van der Waals surface area contributed by atoms with Crippen LogP contribution in [0.3, 0.4) is 0 Å². The number of carbonyl (C=O) groups excluding carboxylic acids is 1. The Morgan fingerprint density at radius 3 is 2.63 bits per heavy atom. The average molecular weight is 262 g/mol. The third-order valence-electron chi connectivity index (χ3n) is 3.61. The molecule has 0 aromatic heterocycles. The van der Waals surface area contributed by atoms with Gasteiger partial charge in [-0.3, -0.25) is 4.79 Å². The van der Waals surface area contributed by atoms with Crippen LogP contribution in [-0.4, -0.2) is 36.8 Å². The molecule has 1 aliphatic rings. The molecule has 0 spiro atoms. The Morgan fingerprint density at radius 1 is 1.37 bits per heavy atom. The van der Waals surface area contributed by atoms with E-state index in [2.05, 4.69) is 31.3 Å². The van der Waals surface area contributed by atoms with Crippen LogP contribution in [0.4, 0.5) is 5.69 Å². The molecule has 2 rings (SSSR count). The molecule has 0 aliphatic carbocycles. The SMILES string of the molecule is CCc1ccc(N2CC(C)CNC(CO)C2=O)cc1. The van der Waals surface area contributed by atoms with Crippen molar-refractivity contribution in [3.63, 3.8) is 0 Å². The first-order chi connectivity index (χ1) is 9.15. The van der Waals surface area contributed by atoms with E-state index in [1.165, 1.54) is 5.56 Å². The van der Waals surface area contributed by atoms with Crippen molar-refractivity contribution >= 4 is 11.6 Å². The molecule has 104 valence electrons. The summed E-state index contributed by atoms with van der Waals surface area (Å²) in [6, 6.07) is 7.60. The summed E-state index contributed by atoms with van der Waals surface area (Å²) in [4.78, 5) is 14.2. The van der Waals surface area contributed by atoms with Crippen molar-refractivity contribution in [1.29, 1.82) is 0 Å². The largest absolute Gasteiger partial charge is 0.394 e. The summed E-state index contributed by atoms with van der Waals surface area (Å²) in [6.07, 6.45) is 0.992. The van der Waals surface area contributed by atoms with Crippen LogP contribution in [0.1, 0.15) is 19.4 Å². The van der Waals surface area contributed by atoms with Crippen LogP contribution >= 0.6 is 0 Å². The second-order valence-corrected chi connectivity index (χ2v) is 5.22. The molecule has 1 fully saturated rings. The molecule has 1 aromatic rings. The van der Waals surface area contributed by atoms with Gasteiger partial charge in [-0.1, -0.05) is 26.0 Å². The molecular weight excluding hydrogens is 240 g/mol. The van der Waals surface area contributed by atoms with Crippen molar-refractivity contribution in [2.75, 3.05) is 24.6 Å². The van der Waals surface area contributed by atoms with Crippen molar-refractivity contribution < 1.29 is 9.90 Å². The van der Waals surface area contributed by atoms with E-state index in [9.17, 15) is 9.90 Å². The van der Waals surface area contributed by atoms with E-state index in [0.29, 0.717) is 12.5 Å². The van der Waals surface area contributed by atoms with E-state index in [0.717, 1.165) is 18.7 Å². The highest BCUT2D eigenvalue weighted by Gasteiger charge is 2.29. The van der Waals surface area contributed by atoms with Crippen molar-refractivity contribution in [3.8, 4) is 0 Å². The molecule has 1 heterocycles. The Bertz CT molecular complexity index is 430. The molecule has 4 heteroatoms. The summed E-state index contributed by atoms with van der Waals surface area (Å²) in [7, 11) is 0. The van der Waals surface area contributed by atoms with Crippen LogP contribution in [0.5, 0.6) is 0 Å². The maximum Gasteiger partial charge on any atom is 0.246 e. The van der Waals surface area contributed by atoms with Crippen molar-refractivity contribution in [2.45, 2.75) is 26.3 Å². The van der Waals surface area contributed by atoms with Crippen LogP contribution in [0.2, 0.25) is 0 Å². The molecule has 19 heavy (non-hydrogen) atoms. The molecule has 2 unspecified atom stereocenters. The number of hydrogen-bond acceptors (Lipinski definition) is 3. The second-order valence-electron chi connectivity index (χ2n) is 5.22. The van der Waals surface area contributed by atoms with Gasteiger partial charge in [0.15, 0.2) is 0 Å². The van der Waals surface area contributed by atoms with E-state index in [1.54, 1.807) is 4.90 Å². The number of hydrogen-bond donors (Lipinski definition) is 2. The van der Waals surface area contributed by atoms with Gasteiger partial charge in [0, 0.05) is 18.8 Å². The lowest BCUT2D eigenvalue weighted by Crippen LogP contribution is -2.45. The fourth-order valence-electron chi connectivity index (χ4n) is 2.37. The van der Waals surface area contributed by atoms with Gasteiger partial charge in [-0.25, -0.2) is 0 Å². The van der Waals surface area contributed by atoms with Gasteiger partial charge < -0.3 is 15.3 Å². The molecule has 1 saturated heterocycles. The van der Waals surface area contributed by atoms with Crippen molar-refractivity contribution in [3.05, 3.63) is 29.8 Å².